The van der Waals surface area contributed by atoms with Gasteiger partial charge in [0.2, 0.25) is 0 Å². The lowest BCUT2D eigenvalue weighted by Gasteiger charge is -2.28. The van der Waals surface area contributed by atoms with Gasteiger partial charge in [-0.1, -0.05) is 49.4 Å². The number of carbonyl (C=O) groups is 1. The van der Waals surface area contributed by atoms with Crippen molar-refractivity contribution >= 4 is 15.7 Å². The maximum absolute atomic E-state index is 12.9. The zero-order chi connectivity index (χ0) is 17.9. The summed E-state index contributed by atoms with van der Waals surface area (Å²) in [5, 5.41) is 0. The van der Waals surface area contributed by atoms with E-state index in [9.17, 15) is 13.2 Å². The maximum atomic E-state index is 12.9. The molecule has 0 saturated carbocycles. The highest BCUT2D eigenvalue weighted by Crippen LogP contribution is 2.23. The highest BCUT2D eigenvalue weighted by molar-refractivity contribution is 7.91. The van der Waals surface area contributed by atoms with Crippen molar-refractivity contribution in [1.29, 1.82) is 0 Å². The minimum atomic E-state index is -3.01. The van der Waals surface area contributed by atoms with E-state index in [4.69, 9.17) is 0 Å². The van der Waals surface area contributed by atoms with Gasteiger partial charge in [0.05, 0.1) is 11.5 Å². The third kappa shape index (κ3) is 4.10. The molecule has 2 aromatic rings. The zero-order valence-corrected chi connectivity index (χ0v) is 15.2. The van der Waals surface area contributed by atoms with E-state index >= 15 is 0 Å². The fourth-order valence-electron chi connectivity index (χ4n) is 3.31. The molecule has 132 valence electrons. The van der Waals surface area contributed by atoms with Crippen LogP contribution >= 0.6 is 0 Å². The molecule has 0 N–H and O–H groups in total. The molecule has 1 aliphatic rings. The van der Waals surface area contributed by atoms with Crippen LogP contribution in [0.5, 0.6) is 0 Å². The van der Waals surface area contributed by atoms with Gasteiger partial charge in [-0.05, 0) is 36.1 Å². The smallest absolute Gasteiger partial charge is 0.254 e. The van der Waals surface area contributed by atoms with Gasteiger partial charge in [-0.25, -0.2) is 8.42 Å². The summed E-state index contributed by atoms with van der Waals surface area (Å²) in [7, 11) is -3.01. The van der Waals surface area contributed by atoms with Crippen molar-refractivity contribution in [3.63, 3.8) is 0 Å². The van der Waals surface area contributed by atoms with Crippen LogP contribution in [0.1, 0.15) is 30.1 Å². The first-order valence-corrected chi connectivity index (χ1v) is 10.5. The molecular weight excluding hydrogens is 334 g/mol. The Labute approximate surface area is 149 Å². The quantitative estimate of drug-likeness (QED) is 0.824. The predicted octanol–water partition coefficient (Wildman–Crippen LogP) is 3.39. The maximum Gasteiger partial charge on any atom is 0.254 e. The highest BCUT2D eigenvalue weighted by Gasteiger charge is 2.34. The van der Waals surface area contributed by atoms with Gasteiger partial charge in [0.25, 0.3) is 5.91 Å². The van der Waals surface area contributed by atoms with Crippen LogP contribution < -0.4 is 0 Å². The molecule has 5 heteroatoms. The van der Waals surface area contributed by atoms with Crippen molar-refractivity contribution in [2.75, 3.05) is 18.1 Å². The SMILES string of the molecule is CCCN(C(=O)c1ccc(-c2ccccc2)cc1)[C@H]1CCS(=O)(=O)C1. The molecule has 1 heterocycles. The van der Waals surface area contributed by atoms with E-state index in [0.29, 0.717) is 18.5 Å². The summed E-state index contributed by atoms with van der Waals surface area (Å²) in [5.41, 5.74) is 2.77. The first-order valence-electron chi connectivity index (χ1n) is 8.67. The Morgan fingerprint density at radius 2 is 1.68 bits per heavy atom. The number of benzene rings is 2. The van der Waals surface area contributed by atoms with Gasteiger partial charge < -0.3 is 4.90 Å². The van der Waals surface area contributed by atoms with Crippen molar-refractivity contribution in [2.45, 2.75) is 25.8 Å². The monoisotopic (exact) mass is 357 g/mol. The Hall–Kier alpha value is -2.14. The average molecular weight is 357 g/mol. The summed E-state index contributed by atoms with van der Waals surface area (Å²) in [5.74, 6) is 0.183. The van der Waals surface area contributed by atoms with Crippen LogP contribution in [0.25, 0.3) is 11.1 Å². The Morgan fingerprint density at radius 3 is 2.24 bits per heavy atom. The normalized spacial score (nSPS) is 18.8. The first-order chi connectivity index (χ1) is 12.0. The molecule has 1 atom stereocenters. The molecule has 0 unspecified atom stereocenters. The third-order valence-corrected chi connectivity index (χ3v) is 6.36. The van der Waals surface area contributed by atoms with E-state index in [2.05, 4.69) is 0 Å². The molecule has 0 aromatic heterocycles. The van der Waals surface area contributed by atoms with Gasteiger partial charge >= 0.3 is 0 Å². The summed E-state index contributed by atoms with van der Waals surface area (Å²) < 4.78 is 23.5. The molecule has 0 radical (unpaired) electrons. The molecule has 1 aliphatic heterocycles. The van der Waals surface area contributed by atoms with Gasteiger partial charge in [-0.15, -0.1) is 0 Å². The minimum absolute atomic E-state index is 0.0800. The fraction of sp³-hybridized carbons (Fsp3) is 0.350. The third-order valence-electron chi connectivity index (χ3n) is 4.61. The molecule has 1 fully saturated rings. The topological polar surface area (TPSA) is 54.5 Å². The number of hydrogen-bond acceptors (Lipinski definition) is 3. The number of nitrogens with zero attached hydrogens (tertiary/aromatic N) is 1. The lowest BCUT2D eigenvalue weighted by molar-refractivity contribution is 0.0697. The van der Waals surface area contributed by atoms with Crippen LogP contribution in [0.4, 0.5) is 0 Å². The van der Waals surface area contributed by atoms with Crippen LogP contribution in [-0.2, 0) is 9.84 Å². The predicted molar refractivity (Wildman–Crippen MR) is 100 cm³/mol. The van der Waals surface area contributed by atoms with Crippen molar-refractivity contribution in [3.05, 3.63) is 60.2 Å². The van der Waals surface area contributed by atoms with E-state index in [0.717, 1.165) is 17.5 Å². The number of amides is 1. The van der Waals surface area contributed by atoms with E-state index in [1.165, 1.54) is 0 Å². The molecule has 2 aromatic carbocycles. The van der Waals surface area contributed by atoms with Gasteiger partial charge in [0, 0.05) is 18.2 Å². The molecule has 4 nitrogen and oxygen atoms in total. The Bertz CT molecular complexity index is 829. The van der Waals surface area contributed by atoms with Gasteiger partial charge in [0.1, 0.15) is 0 Å². The van der Waals surface area contributed by atoms with E-state index in [1.807, 2.05) is 61.5 Å². The lowest BCUT2D eigenvalue weighted by atomic mass is 10.0. The summed E-state index contributed by atoms with van der Waals surface area (Å²) >= 11 is 0. The van der Waals surface area contributed by atoms with E-state index in [-0.39, 0.29) is 23.5 Å². The van der Waals surface area contributed by atoms with Crippen LogP contribution in [0, 0.1) is 0 Å². The van der Waals surface area contributed by atoms with E-state index in [1.54, 1.807) is 4.90 Å². The minimum Gasteiger partial charge on any atom is -0.335 e. The Kier molecular flexibility index (Phi) is 5.23. The average Bonchev–Trinajstić information content (AvgIpc) is 2.99. The highest BCUT2D eigenvalue weighted by atomic mass is 32.2. The van der Waals surface area contributed by atoms with Gasteiger partial charge in [0.15, 0.2) is 9.84 Å². The first kappa shape index (κ1) is 17.7. The number of sulfone groups is 1. The van der Waals surface area contributed by atoms with Crippen LogP contribution in [0.15, 0.2) is 54.6 Å². The zero-order valence-electron chi connectivity index (χ0n) is 14.4. The summed E-state index contributed by atoms with van der Waals surface area (Å²) in [4.78, 5) is 14.6. The second-order valence-corrected chi connectivity index (χ2v) is 8.73. The van der Waals surface area contributed by atoms with Gasteiger partial charge in [-0.2, -0.15) is 0 Å². The molecule has 1 amide bonds. The number of hydrogen-bond donors (Lipinski definition) is 0. The molecule has 0 bridgehead atoms. The second-order valence-electron chi connectivity index (χ2n) is 6.50. The standard InChI is InChI=1S/C20H23NO3S/c1-2-13-21(19-12-14-25(23,24)15-19)20(22)18-10-8-17(9-11-18)16-6-4-3-5-7-16/h3-11,19H,2,12-15H2,1H3/t19-/m0/s1. The molecular formula is C20H23NO3S. The molecule has 0 aliphatic carbocycles. The summed E-state index contributed by atoms with van der Waals surface area (Å²) in [6.45, 7) is 2.59. The van der Waals surface area contributed by atoms with Crippen molar-refractivity contribution < 1.29 is 13.2 Å². The van der Waals surface area contributed by atoms with Crippen molar-refractivity contribution in [1.82, 2.24) is 4.90 Å². The molecule has 0 spiro atoms. The second kappa shape index (κ2) is 7.40. The Morgan fingerprint density at radius 1 is 1.04 bits per heavy atom. The lowest BCUT2D eigenvalue weighted by Crippen LogP contribution is -2.41. The molecule has 1 saturated heterocycles. The van der Waals surface area contributed by atoms with Gasteiger partial charge in [-0.3, -0.25) is 4.79 Å². The van der Waals surface area contributed by atoms with Crippen LogP contribution in [0.3, 0.4) is 0 Å². The summed E-state index contributed by atoms with van der Waals surface area (Å²) in [6, 6.07) is 17.3. The van der Waals surface area contributed by atoms with E-state index < -0.39 is 9.84 Å². The number of rotatable bonds is 5. The van der Waals surface area contributed by atoms with Crippen LogP contribution in [-0.4, -0.2) is 43.3 Å². The van der Waals surface area contributed by atoms with Crippen LogP contribution in [0.2, 0.25) is 0 Å². The van der Waals surface area contributed by atoms with Crippen molar-refractivity contribution in [3.8, 4) is 11.1 Å². The molecule has 25 heavy (non-hydrogen) atoms. The summed E-state index contributed by atoms with van der Waals surface area (Å²) in [6.07, 6.45) is 1.35. The van der Waals surface area contributed by atoms with Crippen molar-refractivity contribution in [2.24, 2.45) is 0 Å². The Balaban J connectivity index is 1.80. The largest absolute Gasteiger partial charge is 0.335 e. The molecule has 3 rings (SSSR count). The number of carbonyl (C=O) groups excluding carboxylic acids is 1. The fourth-order valence-corrected chi connectivity index (χ4v) is 5.04.